The maximum atomic E-state index is 9.96. The van der Waals surface area contributed by atoms with E-state index in [0.29, 0.717) is 0 Å². The molecular formula is C3H3BK2N2O2. The van der Waals surface area contributed by atoms with Crippen LogP contribution in [0.3, 0.4) is 0 Å². The van der Waals surface area contributed by atoms with Gasteiger partial charge in [-0.05, 0) is 18.8 Å². The molecule has 0 unspecified atom stereocenters. The van der Waals surface area contributed by atoms with Crippen molar-refractivity contribution in [3.05, 3.63) is 12.3 Å². The normalized spacial score (nSPS) is 7.40. The fourth-order valence-corrected chi connectivity index (χ4v) is 0.398. The molecule has 0 aliphatic heterocycles. The molecule has 0 aliphatic rings. The molecule has 0 fully saturated rings. The van der Waals surface area contributed by atoms with Crippen LogP contribution in [0.5, 0.6) is 0 Å². The summed E-state index contributed by atoms with van der Waals surface area (Å²) >= 11 is 0. The quantitative estimate of drug-likeness (QED) is 0.445. The van der Waals surface area contributed by atoms with E-state index < -0.39 is 7.12 Å². The molecule has 1 aromatic heterocycles. The molecule has 42 valence electrons. The minimum atomic E-state index is -1.93. The molecule has 1 rings (SSSR count). The van der Waals surface area contributed by atoms with Gasteiger partial charge in [-0.2, -0.15) is 5.10 Å². The number of hydrogen-bond donors (Lipinski definition) is 1. The van der Waals surface area contributed by atoms with Crippen molar-refractivity contribution in [3.63, 3.8) is 0 Å². The van der Waals surface area contributed by atoms with E-state index >= 15 is 0 Å². The summed E-state index contributed by atoms with van der Waals surface area (Å²) in [4.78, 5) is 0. The first-order chi connectivity index (χ1) is 3.80. The maximum Gasteiger partial charge on any atom is 1.00 e. The van der Waals surface area contributed by atoms with Crippen LogP contribution >= 0.6 is 0 Å². The van der Waals surface area contributed by atoms with E-state index in [1.165, 1.54) is 12.3 Å². The van der Waals surface area contributed by atoms with Crippen molar-refractivity contribution >= 4 is 12.7 Å². The summed E-state index contributed by atoms with van der Waals surface area (Å²) in [6.45, 7) is 0. The summed E-state index contributed by atoms with van der Waals surface area (Å²) in [5.74, 6) is 0. The van der Waals surface area contributed by atoms with Crippen molar-refractivity contribution in [2.24, 2.45) is 0 Å². The average Bonchev–Trinajstić information content (AvgIpc) is 2.12. The van der Waals surface area contributed by atoms with Gasteiger partial charge in [0.05, 0.1) is 0 Å². The van der Waals surface area contributed by atoms with Gasteiger partial charge in [0.25, 0.3) is 0 Å². The summed E-state index contributed by atoms with van der Waals surface area (Å²) in [6, 6.07) is 1.37. The number of hydrogen-bond acceptors (Lipinski definition) is 3. The van der Waals surface area contributed by atoms with Crippen LogP contribution in [0.2, 0.25) is 0 Å². The predicted molar refractivity (Wildman–Crippen MR) is 24.0 cm³/mol. The summed E-state index contributed by atoms with van der Waals surface area (Å²) in [5.41, 5.74) is 0.0880. The van der Waals surface area contributed by atoms with Crippen LogP contribution in [-0.2, 0) is 0 Å². The van der Waals surface area contributed by atoms with Crippen molar-refractivity contribution in [1.82, 2.24) is 10.2 Å². The monoisotopic (exact) mass is 188 g/mol. The zero-order valence-corrected chi connectivity index (χ0v) is 12.2. The Balaban J connectivity index is 0. The molecule has 0 saturated carbocycles. The Morgan fingerprint density at radius 3 is 2.20 bits per heavy atom. The van der Waals surface area contributed by atoms with Crippen LogP contribution in [0.15, 0.2) is 12.3 Å². The number of aromatic amines is 1. The van der Waals surface area contributed by atoms with Gasteiger partial charge in [-0.3, -0.25) is 5.10 Å². The topological polar surface area (TPSA) is 74.8 Å². The largest absolute Gasteiger partial charge is 1.00 e. The molecule has 1 N–H and O–H groups in total. The van der Waals surface area contributed by atoms with Crippen LogP contribution in [-0.4, -0.2) is 17.3 Å². The molecule has 0 aromatic carbocycles. The molecule has 0 atom stereocenters. The van der Waals surface area contributed by atoms with Crippen LogP contribution < -0.4 is 118 Å². The second kappa shape index (κ2) is 8.08. The number of H-pyrrole nitrogens is 1. The van der Waals surface area contributed by atoms with Gasteiger partial charge >= 0.3 is 103 Å². The Hall–Kier alpha value is 2.47. The zero-order chi connectivity index (χ0) is 5.98. The molecule has 0 amide bonds. The molecule has 7 heteroatoms. The molecule has 0 saturated heterocycles. The molecular weight excluding hydrogens is 185 g/mol. The van der Waals surface area contributed by atoms with E-state index in [4.69, 9.17) is 0 Å². The van der Waals surface area contributed by atoms with E-state index in [1.807, 2.05) is 0 Å². The minimum absolute atomic E-state index is 0. The van der Waals surface area contributed by atoms with E-state index in [-0.39, 0.29) is 108 Å². The Bertz CT molecular complexity index is 158. The summed E-state index contributed by atoms with van der Waals surface area (Å²) in [7, 11) is -1.93. The van der Waals surface area contributed by atoms with Crippen LogP contribution in [0.25, 0.3) is 0 Å². The second-order valence-electron chi connectivity index (χ2n) is 1.34. The molecule has 0 spiro atoms. The third-order valence-electron chi connectivity index (χ3n) is 0.776. The Labute approximate surface area is 144 Å². The Kier molecular flexibility index (Phi) is 12.1. The van der Waals surface area contributed by atoms with E-state index in [2.05, 4.69) is 10.2 Å². The van der Waals surface area contributed by atoms with Gasteiger partial charge in [-0.1, -0.05) is 0 Å². The summed E-state index contributed by atoms with van der Waals surface area (Å²) in [5, 5.41) is 25.6. The van der Waals surface area contributed by atoms with Crippen molar-refractivity contribution in [2.75, 3.05) is 0 Å². The maximum absolute atomic E-state index is 9.96. The molecule has 0 bridgehead atoms. The molecule has 10 heavy (non-hydrogen) atoms. The van der Waals surface area contributed by atoms with Gasteiger partial charge in [0.15, 0.2) is 0 Å². The van der Waals surface area contributed by atoms with Gasteiger partial charge in [-0.15, -0.1) is 0 Å². The van der Waals surface area contributed by atoms with E-state index in [0.717, 1.165) is 0 Å². The molecule has 0 aliphatic carbocycles. The van der Waals surface area contributed by atoms with Crippen LogP contribution in [0.1, 0.15) is 0 Å². The summed E-state index contributed by atoms with van der Waals surface area (Å²) < 4.78 is 0. The van der Waals surface area contributed by atoms with Gasteiger partial charge in [0, 0.05) is 6.20 Å². The third kappa shape index (κ3) is 5.17. The number of nitrogens with zero attached hydrogens (tertiary/aromatic N) is 1. The fourth-order valence-electron chi connectivity index (χ4n) is 0.398. The standard InChI is InChI=1S/C3H3BN2O2.2K/c7-4(8)3-1-2-5-6-3;;/h1-2H,(H,5,6);;/q-2;2*+1. The van der Waals surface area contributed by atoms with Crippen LogP contribution in [0, 0.1) is 0 Å². The third-order valence-corrected chi connectivity index (χ3v) is 0.776. The van der Waals surface area contributed by atoms with Crippen molar-refractivity contribution in [3.8, 4) is 0 Å². The number of nitrogens with one attached hydrogen (secondary N) is 1. The Morgan fingerprint density at radius 2 is 2.00 bits per heavy atom. The second-order valence-corrected chi connectivity index (χ2v) is 1.34. The SMILES string of the molecule is [K+].[K+].[O-]B([O-])c1ccn[nH]1. The van der Waals surface area contributed by atoms with Gasteiger partial charge in [0.2, 0.25) is 0 Å². The number of rotatable bonds is 1. The smallest absolute Gasteiger partial charge is 0.888 e. The van der Waals surface area contributed by atoms with Gasteiger partial charge in [0.1, 0.15) is 0 Å². The van der Waals surface area contributed by atoms with Gasteiger partial charge in [-0.25, -0.2) is 0 Å². The Morgan fingerprint density at radius 1 is 1.40 bits per heavy atom. The molecule has 1 aromatic rings. The first-order valence-electron chi connectivity index (χ1n) is 2.11. The summed E-state index contributed by atoms with van der Waals surface area (Å²) in [6.07, 6.45) is 1.37. The predicted octanol–water partition coefficient (Wildman–Crippen LogP) is -9.17. The van der Waals surface area contributed by atoms with Gasteiger partial charge < -0.3 is 10.0 Å². The number of aromatic nitrogens is 2. The average molecular weight is 188 g/mol. The zero-order valence-electron chi connectivity index (χ0n) is 6.00. The fraction of sp³-hybridized carbons (Fsp3) is 0. The first-order valence-corrected chi connectivity index (χ1v) is 2.11. The minimum Gasteiger partial charge on any atom is -0.888 e. The molecule has 0 radical (unpaired) electrons. The molecule has 1 heterocycles. The molecule has 4 nitrogen and oxygen atoms in total. The van der Waals surface area contributed by atoms with Crippen molar-refractivity contribution < 1.29 is 113 Å². The van der Waals surface area contributed by atoms with E-state index in [9.17, 15) is 10.0 Å². The van der Waals surface area contributed by atoms with Crippen molar-refractivity contribution in [2.45, 2.75) is 0 Å². The van der Waals surface area contributed by atoms with Crippen molar-refractivity contribution in [1.29, 1.82) is 0 Å². The first kappa shape index (κ1) is 15.0. The van der Waals surface area contributed by atoms with Crippen LogP contribution in [0.4, 0.5) is 0 Å². The van der Waals surface area contributed by atoms with E-state index in [1.54, 1.807) is 0 Å².